The first-order chi connectivity index (χ1) is 5.37. The van der Waals surface area contributed by atoms with E-state index >= 15 is 0 Å². The Morgan fingerprint density at radius 2 is 0.769 bits per heavy atom. The normalized spacial score (nSPS) is 15.2. The molecule has 0 fully saturated rings. The zero-order chi connectivity index (χ0) is 11.1. The summed E-state index contributed by atoms with van der Waals surface area (Å²) >= 11 is 0. The summed E-state index contributed by atoms with van der Waals surface area (Å²) in [5.74, 6) is 0. The van der Waals surface area contributed by atoms with E-state index in [9.17, 15) is 14.4 Å². The minimum atomic E-state index is -2.43. The Morgan fingerprint density at radius 3 is 0.769 bits per heavy atom. The average Bonchev–Trinajstić information content (AvgIpc) is 1.44. The Kier molecular flexibility index (Phi) is 3.74. The second kappa shape index (κ2) is 3.59. The molecule has 0 atom stereocenters. The number of hydrogen-bond donors (Lipinski definition) is 3. The van der Waals surface area contributed by atoms with E-state index in [-0.39, 0.29) is 4.79 Å². The highest BCUT2D eigenvalue weighted by Gasteiger charge is 2.52. The van der Waals surface area contributed by atoms with Crippen LogP contribution in [0.4, 0.5) is 0 Å². The molecular formula is C7H22O3Si3. The molecule has 0 aliphatic rings. The fourth-order valence-corrected chi connectivity index (χ4v) is 23.3. The predicted molar refractivity (Wildman–Crippen MR) is 62.9 cm³/mol. The average molecular weight is 239 g/mol. The lowest BCUT2D eigenvalue weighted by molar-refractivity contribution is 0.493. The fourth-order valence-electron chi connectivity index (χ4n) is 2.59. The molecule has 0 aromatic heterocycles. The molecule has 0 rings (SSSR count). The molecule has 13 heavy (non-hydrogen) atoms. The van der Waals surface area contributed by atoms with Gasteiger partial charge in [-0.1, -0.05) is 0 Å². The second-order valence-corrected chi connectivity index (χ2v) is 18.8. The van der Waals surface area contributed by atoms with Crippen molar-refractivity contribution >= 4 is 25.0 Å². The van der Waals surface area contributed by atoms with Crippen molar-refractivity contribution in [1.29, 1.82) is 0 Å². The molecular weight excluding hydrogens is 216 g/mol. The summed E-state index contributed by atoms with van der Waals surface area (Å²) in [6.45, 7) is 10.8. The third kappa shape index (κ3) is 4.05. The second-order valence-electron chi connectivity index (χ2n) is 5.39. The Balaban J connectivity index is 5.02. The van der Waals surface area contributed by atoms with Gasteiger partial charge in [-0.3, -0.25) is 0 Å². The van der Waals surface area contributed by atoms with Crippen LogP contribution in [0.1, 0.15) is 0 Å². The van der Waals surface area contributed by atoms with Crippen LogP contribution >= 0.6 is 0 Å². The monoisotopic (exact) mass is 238 g/mol. The van der Waals surface area contributed by atoms with E-state index in [2.05, 4.69) is 0 Å². The van der Waals surface area contributed by atoms with Crippen LogP contribution in [0.3, 0.4) is 0 Å². The molecule has 3 nitrogen and oxygen atoms in total. The molecule has 0 radical (unpaired) electrons. The first kappa shape index (κ1) is 13.5. The summed E-state index contributed by atoms with van der Waals surface area (Å²) in [6.07, 6.45) is 0. The summed E-state index contributed by atoms with van der Waals surface area (Å²) in [6, 6.07) is 0. The topological polar surface area (TPSA) is 60.7 Å². The minimum Gasteiger partial charge on any atom is -0.432 e. The summed E-state index contributed by atoms with van der Waals surface area (Å²) in [5, 5.41) is 0. The van der Waals surface area contributed by atoms with Crippen LogP contribution in [0.15, 0.2) is 0 Å². The van der Waals surface area contributed by atoms with E-state index in [0.29, 0.717) is 0 Å². The van der Waals surface area contributed by atoms with Crippen molar-refractivity contribution in [2.75, 3.05) is 0 Å². The fraction of sp³-hybridized carbons (Fsp3) is 1.00. The summed E-state index contributed by atoms with van der Waals surface area (Å²) in [7, 11) is -7.30. The van der Waals surface area contributed by atoms with Gasteiger partial charge in [0, 0.05) is 4.79 Å². The molecule has 0 aliphatic carbocycles. The van der Waals surface area contributed by atoms with Crippen molar-refractivity contribution in [3.8, 4) is 0 Å². The lowest BCUT2D eigenvalue weighted by Crippen LogP contribution is -2.59. The van der Waals surface area contributed by atoms with Gasteiger partial charge in [0.05, 0.1) is 0 Å². The van der Waals surface area contributed by atoms with Gasteiger partial charge in [-0.25, -0.2) is 0 Å². The van der Waals surface area contributed by atoms with Crippen LogP contribution in [0, 0.1) is 0 Å². The van der Waals surface area contributed by atoms with Crippen LogP contribution in [0.5, 0.6) is 0 Å². The summed E-state index contributed by atoms with van der Waals surface area (Å²) in [4.78, 5) is 29.9. The molecule has 0 unspecified atom stereocenters. The van der Waals surface area contributed by atoms with Gasteiger partial charge in [-0.15, -0.1) is 0 Å². The standard InChI is InChI=1S/C7H22O3Si3/c1-11(2,8)7(12(3,4)9)13(5,6)10/h7-10H,1-6H3. The van der Waals surface area contributed by atoms with Crippen LogP contribution in [0.2, 0.25) is 44.1 Å². The van der Waals surface area contributed by atoms with E-state index in [1.54, 1.807) is 39.3 Å². The van der Waals surface area contributed by atoms with Crippen molar-refractivity contribution in [3.05, 3.63) is 0 Å². The van der Waals surface area contributed by atoms with E-state index < -0.39 is 25.0 Å². The van der Waals surface area contributed by atoms with Gasteiger partial charge in [0.15, 0.2) is 25.0 Å². The lowest BCUT2D eigenvalue weighted by atomic mass is 11.7. The van der Waals surface area contributed by atoms with Crippen LogP contribution in [-0.2, 0) is 0 Å². The van der Waals surface area contributed by atoms with Gasteiger partial charge in [0.25, 0.3) is 0 Å². The third-order valence-electron chi connectivity index (χ3n) is 2.12. The van der Waals surface area contributed by atoms with Crippen LogP contribution in [-0.4, -0.2) is 39.3 Å². The summed E-state index contributed by atoms with van der Waals surface area (Å²) in [5.41, 5.74) is 0. The zero-order valence-electron chi connectivity index (χ0n) is 9.42. The maximum atomic E-state index is 10.0. The largest absolute Gasteiger partial charge is 0.432 e. The van der Waals surface area contributed by atoms with Crippen molar-refractivity contribution in [3.63, 3.8) is 0 Å². The lowest BCUT2D eigenvalue weighted by Gasteiger charge is -2.41. The van der Waals surface area contributed by atoms with Gasteiger partial charge in [0.1, 0.15) is 0 Å². The van der Waals surface area contributed by atoms with Crippen molar-refractivity contribution in [1.82, 2.24) is 0 Å². The molecule has 0 saturated carbocycles. The highest BCUT2D eigenvalue weighted by atomic mass is 28.5. The highest BCUT2D eigenvalue weighted by molar-refractivity contribution is 7.06. The third-order valence-corrected chi connectivity index (χ3v) is 19.1. The summed E-state index contributed by atoms with van der Waals surface area (Å²) < 4.78 is 0. The molecule has 0 aromatic carbocycles. The highest BCUT2D eigenvalue weighted by Crippen LogP contribution is 2.35. The SMILES string of the molecule is C[Si](C)(O)C([Si](C)(C)O)[Si](C)(C)O. The van der Waals surface area contributed by atoms with Gasteiger partial charge in [0.2, 0.25) is 0 Å². The molecule has 0 amide bonds. The minimum absolute atomic E-state index is 0.188. The molecule has 0 saturated heterocycles. The van der Waals surface area contributed by atoms with Gasteiger partial charge < -0.3 is 14.4 Å². The molecule has 0 aliphatic heterocycles. The smallest absolute Gasteiger partial charge is 0.184 e. The maximum absolute atomic E-state index is 10.0. The zero-order valence-corrected chi connectivity index (χ0v) is 12.4. The predicted octanol–water partition coefficient (Wildman–Crippen LogP) is 1.03. The molecule has 0 bridgehead atoms. The molecule has 3 N–H and O–H groups in total. The first-order valence-corrected chi connectivity index (χ1v) is 13.6. The quantitative estimate of drug-likeness (QED) is 0.644. The maximum Gasteiger partial charge on any atom is 0.184 e. The molecule has 0 spiro atoms. The van der Waals surface area contributed by atoms with Gasteiger partial charge in [-0.05, 0) is 39.3 Å². The number of hydrogen-bond acceptors (Lipinski definition) is 3. The van der Waals surface area contributed by atoms with Crippen LogP contribution in [0.25, 0.3) is 0 Å². The van der Waals surface area contributed by atoms with Crippen molar-refractivity contribution in [2.45, 2.75) is 44.1 Å². The van der Waals surface area contributed by atoms with E-state index in [1.165, 1.54) is 0 Å². The van der Waals surface area contributed by atoms with Gasteiger partial charge in [-0.2, -0.15) is 0 Å². The molecule has 6 heteroatoms. The number of rotatable bonds is 3. The Labute approximate surface area is 83.8 Å². The molecule has 0 heterocycles. The Bertz CT molecular complexity index is 142. The van der Waals surface area contributed by atoms with Crippen molar-refractivity contribution in [2.24, 2.45) is 0 Å². The van der Waals surface area contributed by atoms with Gasteiger partial charge >= 0.3 is 0 Å². The molecule has 0 aromatic rings. The van der Waals surface area contributed by atoms with Crippen LogP contribution < -0.4 is 0 Å². The Hall–Kier alpha value is 0.531. The molecule has 80 valence electrons. The van der Waals surface area contributed by atoms with E-state index in [4.69, 9.17) is 0 Å². The Morgan fingerprint density at radius 1 is 0.615 bits per heavy atom. The van der Waals surface area contributed by atoms with E-state index in [0.717, 1.165) is 0 Å². The first-order valence-electron chi connectivity index (χ1n) is 4.54. The van der Waals surface area contributed by atoms with Crippen molar-refractivity contribution < 1.29 is 14.4 Å². The van der Waals surface area contributed by atoms with E-state index in [1.807, 2.05) is 0 Å².